The number of hydrogen-bond acceptors (Lipinski definition) is 2. The molecule has 1 amide bonds. The summed E-state index contributed by atoms with van der Waals surface area (Å²) in [5.41, 5.74) is 1.04. The molecule has 1 heterocycles. The highest BCUT2D eigenvalue weighted by Gasteiger charge is 2.25. The summed E-state index contributed by atoms with van der Waals surface area (Å²) in [5, 5.41) is 9.34. The first-order valence-electron chi connectivity index (χ1n) is 5.95. The Morgan fingerprint density at radius 2 is 2.05 bits per heavy atom. The lowest BCUT2D eigenvalue weighted by Crippen LogP contribution is -2.12. The van der Waals surface area contributed by atoms with Gasteiger partial charge in [0.15, 0.2) is 17.5 Å². The van der Waals surface area contributed by atoms with E-state index < -0.39 is 17.5 Å². The van der Waals surface area contributed by atoms with Gasteiger partial charge in [0, 0.05) is 23.2 Å². The molecule has 4 nitrogen and oxygen atoms in total. The van der Waals surface area contributed by atoms with E-state index in [1.807, 2.05) is 0 Å². The van der Waals surface area contributed by atoms with Crippen molar-refractivity contribution in [2.45, 2.75) is 18.8 Å². The Morgan fingerprint density at radius 3 is 2.74 bits per heavy atom. The summed E-state index contributed by atoms with van der Waals surface area (Å²) in [5.74, 6) is -1.66. The molecule has 3 rings (SSSR count). The van der Waals surface area contributed by atoms with E-state index >= 15 is 0 Å². The molecule has 98 valence electrons. The number of nitrogens with zero attached hydrogens (tertiary/aromatic N) is 1. The first kappa shape index (κ1) is 11.8. The molecule has 1 aliphatic rings. The summed E-state index contributed by atoms with van der Waals surface area (Å²) >= 11 is 0. The maximum atomic E-state index is 13.0. The number of amides is 1. The predicted octanol–water partition coefficient (Wildman–Crippen LogP) is 2.82. The number of benzene rings is 1. The van der Waals surface area contributed by atoms with E-state index in [2.05, 4.69) is 15.5 Å². The van der Waals surface area contributed by atoms with Crippen molar-refractivity contribution >= 4 is 11.7 Å². The molecular formula is C13H11F2N3O. The van der Waals surface area contributed by atoms with Crippen molar-refractivity contribution in [3.05, 3.63) is 47.2 Å². The summed E-state index contributed by atoms with van der Waals surface area (Å²) in [7, 11) is 0. The standard InChI is InChI=1S/C13H11F2N3O/c14-9-4-3-8(5-10(9)15)13(19)16-12-6-11(17-18-12)7-1-2-7/h3-7H,1-2H2,(H2,16,17,18,19). The van der Waals surface area contributed by atoms with Gasteiger partial charge in [-0.15, -0.1) is 0 Å². The molecule has 19 heavy (non-hydrogen) atoms. The summed E-state index contributed by atoms with van der Waals surface area (Å²) < 4.78 is 25.8. The van der Waals surface area contributed by atoms with E-state index in [1.165, 1.54) is 6.07 Å². The van der Waals surface area contributed by atoms with Crippen molar-refractivity contribution in [3.63, 3.8) is 0 Å². The number of anilines is 1. The predicted molar refractivity (Wildman–Crippen MR) is 64.9 cm³/mol. The molecule has 1 aromatic heterocycles. The Balaban J connectivity index is 1.74. The maximum Gasteiger partial charge on any atom is 0.256 e. The third-order valence-electron chi connectivity index (χ3n) is 3.04. The van der Waals surface area contributed by atoms with Gasteiger partial charge in [-0.3, -0.25) is 9.89 Å². The molecule has 2 N–H and O–H groups in total. The quantitative estimate of drug-likeness (QED) is 0.894. The van der Waals surface area contributed by atoms with Crippen molar-refractivity contribution in [1.29, 1.82) is 0 Å². The molecular weight excluding hydrogens is 252 g/mol. The van der Waals surface area contributed by atoms with E-state index in [4.69, 9.17) is 0 Å². The van der Waals surface area contributed by atoms with Gasteiger partial charge >= 0.3 is 0 Å². The lowest BCUT2D eigenvalue weighted by molar-refractivity contribution is 0.102. The zero-order valence-corrected chi connectivity index (χ0v) is 9.91. The monoisotopic (exact) mass is 263 g/mol. The molecule has 2 aromatic rings. The fraction of sp³-hybridized carbons (Fsp3) is 0.231. The molecule has 6 heteroatoms. The number of H-pyrrole nitrogens is 1. The Hall–Kier alpha value is -2.24. The van der Waals surface area contributed by atoms with Crippen LogP contribution in [0.1, 0.15) is 34.8 Å². The number of hydrogen-bond donors (Lipinski definition) is 2. The SMILES string of the molecule is O=C(Nc1cc(C2CC2)[nH]n1)c1ccc(F)c(F)c1. The summed E-state index contributed by atoms with van der Waals surface area (Å²) in [4.78, 5) is 11.8. The number of rotatable bonds is 3. The van der Waals surface area contributed by atoms with Gasteiger partial charge in [0.25, 0.3) is 5.91 Å². The van der Waals surface area contributed by atoms with Crippen LogP contribution in [0.25, 0.3) is 0 Å². The van der Waals surface area contributed by atoms with E-state index in [0.717, 1.165) is 30.7 Å². The average Bonchev–Trinajstić information content (AvgIpc) is 3.14. The van der Waals surface area contributed by atoms with Crippen LogP contribution in [0, 0.1) is 11.6 Å². The smallest absolute Gasteiger partial charge is 0.256 e. The van der Waals surface area contributed by atoms with Gasteiger partial charge in [0.05, 0.1) is 0 Å². The fourth-order valence-electron chi connectivity index (χ4n) is 1.83. The van der Waals surface area contributed by atoms with Gasteiger partial charge in [-0.25, -0.2) is 8.78 Å². The fourth-order valence-corrected chi connectivity index (χ4v) is 1.83. The number of aromatic amines is 1. The third-order valence-corrected chi connectivity index (χ3v) is 3.04. The molecule has 1 aromatic carbocycles. The van der Waals surface area contributed by atoms with E-state index in [-0.39, 0.29) is 5.56 Å². The molecule has 1 aliphatic carbocycles. The van der Waals surface area contributed by atoms with Crippen molar-refractivity contribution in [1.82, 2.24) is 10.2 Å². The molecule has 0 unspecified atom stereocenters. The van der Waals surface area contributed by atoms with Crippen LogP contribution in [0.4, 0.5) is 14.6 Å². The molecule has 0 atom stereocenters. The molecule has 0 radical (unpaired) electrons. The van der Waals surface area contributed by atoms with Gasteiger partial charge in [-0.2, -0.15) is 5.10 Å². The Kier molecular flexibility index (Phi) is 2.77. The van der Waals surface area contributed by atoms with Gasteiger partial charge in [0.1, 0.15) is 0 Å². The average molecular weight is 263 g/mol. The van der Waals surface area contributed by atoms with Crippen molar-refractivity contribution in [2.24, 2.45) is 0 Å². The summed E-state index contributed by atoms with van der Waals surface area (Å²) in [6, 6.07) is 4.77. The molecule has 0 bridgehead atoms. The summed E-state index contributed by atoms with van der Waals surface area (Å²) in [6.07, 6.45) is 2.25. The van der Waals surface area contributed by atoms with Gasteiger partial charge in [-0.1, -0.05) is 0 Å². The van der Waals surface area contributed by atoms with E-state index in [9.17, 15) is 13.6 Å². The highest BCUT2D eigenvalue weighted by Crippen LogP contribution is 2.39. The van der Waals surface area contributed by atoms with E-state index in [1.54, 1.807) is 6.07 Å². The minimum absolute atomic E-state index is 0.0508. The number of nitrogens with one attached hydrogen (secondary N) is 2. The van der Waals surface area contributed by atoms with Crippen LogP contribution in [0.5, 0.6) is 0 Å². The molecule has 1 saturated carbocycles. The van der Waals surface area contributed by atoms with Crippen LogP contribution in [-0.4, -0.2) is 16.1 Å². The van der Waals surface area contributed by atoms with Crippen LogP contribution < -0.4 is 5.32 Å². The molecule has 0 aliphatic heterocycles. The molecule has 0 spiro atoms. The minimum Gasteiger partial charge on any atom is -0.305 e. The van der Waals surface area contributed by atoms with Gasteiger partial charge in [-0.05, 0) is 31.0 Å². The van der Waals surface area contributed by atoms with Crippen molar-refractivity contribution in [3.8, 4) is 0 Å². The second kappa shape index (κ2) is 4.46. The Morgan fingerprint density at radius 1 is 1.26 bits per heavy atom. The van der Waals surface area contributed by atoms with Gasteiger partial charge < -0.3 is 5.32 Å². The lowest BCUT2D eigenvalue weighted by Gasteiger charge is -2.02. The third kappa shape index (κ3) is 2.47. The van der Waals surface area contributed by atoms with Crippen LogP contribution in [0.3, 0.4) is 0 Å². The first-order valence-corrected chi connectivity index (χ1v) is 5.95. The number of carbonyl (C=O) groups excluding carboxylic acids is 1. The van der Waals surface area contributed by atoms with Crippen LogP contribution in [0.2, 0.25) is 0 Å². The van der Waals surface area contributed by atoms with Crippen LogP contribution >= 0.6 is 0 Å². The van der Waals surface area contributed by atoms with Crippen LogP contribution in [-0.2, 0) is 0 Å². The van der Waals surface area contributed by atoms with Crippen molar-refractivity contribution < 1.29 is 13.6 Å². The highest BCUT2D eigenvalue weighted by atomic mass is 19.2. The number of halogens is 2. The summed E-state index contributed by atoms with van der Waals surface area (Å²) in [6.45, 7) is 0. The topological polar surface area (TPSA) is 57.8 Å². The Labute approximate surface area is 107 Å². The first-order chi connectivity index (χ1) is 9.13. The number of aromatic nitrogens is 2. The van der Waals surface area contributed by atoms with Crippen LogP contribution in [0.15, 0.2) is 24.3 Å². The normalized spacial score (nSPS) is 14.4. The number of carbonyl (C=O) groups is 1. The lowest BCUT2D eigenvalue weighted by atomic mass is 10.2. The molecule has 1 fully saturated rings. The maximum absolute atomic E-state index is 13.0. The second-order valence-corrected chi connectivity index (χ2v) is 4.57. The molecule has 0 saturated heterocycles. The second-order valence-electron chi connectivity index (χ2n) is 4.57. The van der Waals surface area contributed by atoms with Gasteiger partial charge in [0.2, 0.25) is 0 Å². The highest BCUT2D eigenvalue weighted by molar-refractivity contribution is 6.03. The minimum atomic E-state index is -1.05. The van der Waals surface area contributed by atoms with E-state index in [0.29, 0.717) is 11.7 Å². The zero-order valence-electron chi connectivity index (χ0n) is 9.91. The zero-order chi connectivity index (χ0) is 13.4. The van der Waals surface area contributed by atoms with Crippen molar-refractivity contribution in [2.75, 3.05) is 5.32 Å². The largest absolute Gasteiger partial charge is 0.305 e. The Bertz CT molecular complexity index is 635.